The highest BCUT2D eigenvalue weighted by Gasteiger charge is 2.18. The highest BCUT2D eigenvalue weighted by Crippen LogP contribution is 2.25. The van der Waals surface area contributed by atoms with Crippen LogP contribution >= 0.6 is 0 Å². The van der Waals surface area contributed by atoms with Crippen molar-refractivity contribution in [2.24, 2.45) is 0 Å². The molecule has 0 aliphatic carbocycles. The molecule has 1 aromatic rings. The van der Waals surface area contributed by atoms with Crippen LogP contribution in [0.3, 0.4) is 0 Å². The highest BCUT2D eigenvalue weighted by atomic mass is 16.6. The zero-order valence-electron chi connectivity index (χ0n) is 10.4. The van der Waals surface area contributed by atoms with E-state index < -0.39 is 4.92 Å². The van der Waals surface area contributed by atoms with E-state index in [4.69, 9.17) is 5.73 Å². The molecule has 0 spiro atoms. The number of likely N-dealkylation sites (tertiary alicyclic amines) is 1. The third-order valence-electron chi connectivity index (χ3n) is 3.22. The molecule has 1 unspecified atom stereocenters. The first-order valence-electron chi connectivity index (χ1n) is 6.05. The lowest BCUT2D eigenvalue weighted by Crippen LogP contribution is -2.39. The van der Waals surface area contributed by atoms with Gasteiger partial charge >= 0.3 is 0 Å². The number of nitro benzene ring substituents is 1. The Morgan fingerprint density at radius 3 is 2.94 bits per heavy atom. The molecule has 0 saturated carbocycles. The van der Waals surface area contributed by atoms with Gasteiger partial charge in [0.2, 0.25) is 0 Å². The van der Waals surface area contributed by atoms with Gasteiger partial charge in [-0.25, -0.2) is 0 Å². The number of nitrogens with one attached hydrogen (secondary N) is 1. The molecule has 98 valence electrons. The average molecular weight is 250 g/mol. The number of piperidine rings is 1. The van der Waals surface area contributed by atoms with Gasteiger partial charge in [0.1, 0.15) is 5.69 Å². The fourth-order valence-electron chi connectivity index (χ4n) is 2.33. The Kier molecular flexibility index (Phi) is 3.66. The molecule has 1 saturated heterocycles. The van der Waals surface area contributed by atoms with Crippen LogP contribution in [0.1, 0.15) is 12.8 Å². The Morgan fingerprint density at radius 1 is 1.56 bits per heavy atom. The molecule has 1 atom stereocenters. The summed E-state index contributed by atoms with van der Waals surface area (Å²) in [7, 11) is 2.10. The monoisotopic (exact) mass is 250 g/mol. The van der Waals surface area contributed by atoms with Gasteiger partial charge in [-0.3, -0.25) is 10.1 Å². The summed E-state index contributed by atoms with van der Waals surface area (Å²) in [6.45, 7) is 2.11. The maximum Gasteiger partial charge on any atom is 0.292 e. The summed E-state index contributed by atoms with van der Waals surface area (Å²) in [4.78, 5) is 12.5. The van der Waals surface area contributed by atoms with E-state index in [2.05, 4.69) is 17.3 Å². The number of nitrogens with zero attached hydrogens (tertiary/aromatic N) is 2. The summed E-state index contributed by atoms with van der Waals surface area (Å²) in [5.74, 6) is 0. The largest absolute Gasteiger partial charge is 0.393 e. The van der Waals surface area contributed by atoms with Gasteiger partial charge in [0, 0.05) is 24.3 Å². The van der Waals surface area contributed by atoms with Gasteiger partial charge in [0.15, 0.2) is 0 Å². The predicted molar refractivity (Wildman–Crippen MR) is 71.7 cm³/mol. The van der Waals surface area contributed by atoms with Crippen molar-refractivity contribution in [1.29, 1.82) is 0 Å². The first kappa shape index (κ1) is 12.6. The van der Waals surface area contributed by atoms with Crippen LogP contribution in [0.2, 0.25) is 0 Å². The summed E-state index contributed by atoms with van der Waals surface area (Å²) in [5, 5.41) is 14.0. The second kappa shape index (κ2) is 5.22. The van der Waals surface area contributed by atoms with E-state index in [1.54, 1.807) is 12.1 Å². The molecular weight excluding hydrogens is 232 g/mol. The van der Waals surface area contributed by atoms with Gasteiger partial charge in [-0.15, -0.1) is 0 Å². The Morgan fingerprint density at radius 2 is 2.33 bits per heavy atom. The minimum Gasteiger partial charge on any atom is -0.393 e. The van der Waals surface area contributed by atoms with E-state index in [1.165, 1.54) is 6.07 Å². The van der Waals surface area contributed by atoms with Gasteiger partial charge in [0.25, 0.3) is 5.69 Å². The summed E-state index contributed by atoms with van der Waals surface area (Å²) < 4.78 is 0. The number of anilines is 2. The number of nitrogen functional groups attached to an aromatic ring is 1. The van der Waals surface area contributed by atoms with Crippen molar-refractivity contribution >= 4 is 17.1 Å². The van der Waals surface area contributed by atoms with Crippen molar-refractivity contribution in [2.75, 3.05) is 31.2 Å². The number of nitro groups is 1. The summed E-state index contributed by atoms with van der Waals surface area (Å²) in [6, 6.07) is 5.17. The number of likely N-dealkylation sites (N-methyl/N-ethyl adjacent to an activating group) is 1. The minimum atomic E-state index is -0.465. The molecule has 3 N–H and O–H groups in total. The molecule has 6 heteroatoms. The lowest BCUT2D eigenvalue weighted by atomic mass is 10.1. The number of benzene rings is 1. The van der Waals surface area contributed by atoms with E-state index in [-0.39, 0.29) is 11.4 Å². The van der Waals surface area contributed by atoms with Crippen LogP contribution in [0.15, 0.2) is 18.2 Å². The van der Waals surface area contributed by atoms with Gasteiger partial charge in [-0.1, -0.05) is 0 Å². The van der Waals surface area contributed by atoms with Gasteiger partial charge < -0.3 is 16.0 Å². The fourth-order valence-corrected chi connectivity index (χ4v) is 2.33. The van der Waals surface area contributed by atoms with Crippen molar-refractivity contribution in [3.8, 4) is 0 Å². The van der Waals surface area contributed by atoms with Crippen LogP contribution in [0.5, 0.6) is 0 Å². The molecule has 0 radical (unpaired) electrons. The predicted octanol–water partition coefficient (Wildman–Crippen LogP) is 1.68. The van der Waals surface area contributed by atoms with Crippen LogP contribution in [0.25, 0.3) is 0 Å². The van der Waals surface area contributed by atoms with Gasteiger partial charge in [0.05, 0.1) is 4.92 Å². The molecule has 0 aromatic heterocycles. The lowest BCUT2D eigenvalue weighted by molar-refractivity contribution is -0.383. The molecule has 0 amide bonds. The second-order valence-electron chi connectivity index (χ2n) is 4.78. The standard InChI is InChI=1S/C12H18N4O2/c1-15-6-2-3-10(8-15)14-9-4-5-12(16(17)18)11(13)7-9/h4-5,7,10,14H,2-3,6,8,13H2,1H3. The Labute approximate surface area is 106 Å². The van der Waals surface area contributed by atoms with Crippen molar-refractivity contribution in [1.82, 2.24) is 4.90 Å². The lowest BCUT2D eigenvalue weighted by Gasteiger charge is -2.30. The average Bonchev–Trinajstić information content (AvgIpc) is 2.28. The van der Waals surface area contributed by atoms with Crippen LogP contribution < -0.4 is 11.1 Å². The van der Waals surface area contributed by atoms with Gasteiger partial charge in [-0.2, -0.15) is 0 Å². The number of hydrogen-bond acceptors (Lipinski definition) is 5. The molecule has 1 heterocycles. The molecule has 2 rings (SSSR count). The second-order valence-corrected chi connectivity index (χ2v) is 4.78. The SMILES string of the molecule is CN1CCCC(Nc2ccc([N+](=O)[O-])c(N)c2)C1. The summed E-state index contributed by atoms with van der Waals surface area (Å²) in [5.41, 5.74) is 6.67. The number of nitrogens with two attached hydrogens (primary N) is 1. The van der Waals surface area contributed by atoms with Crippen molar-refractivity contribution < 1.29 is 4.92 Å². The minimum absolute atomic E-state index is 0.0405. The van der Waals surface area contributed by atoms with Crippen LogP contribution in [0, 0.1) is 10.1 Å². The van der Waals surface area contributed by atoms with Crippen molar-refractivity contribution in [3.63, 3.8) is 0 Å². The smallest absolute Gasteiger partial charge is 0.292 e. The van der Waals surface area contributed by atoms with Crippen molar-refractivity contribution in [2.45, 2.75) is 18.9 Å². The first-order chi connectivity index (χ1) is 8.56. The van der Waals surface area contributed by atoms with E-state index in [9.17, 15) is 10.1 Å². The number of hydrogen-bond donors (Lipinski definition) is 2. The maximum absolute atomic E-state index is 10.7. The quantitative estimate of drug-likeness (QED) is 0.484. The van der Waals surface area contributed by atoms with E-state index in [1.807, 2.05) is 0 Å². The molecule has 1 aromatic carbocycles. The Hall–Kier alpha value is -1.82. The number of rotatable bonds is 3. The maximum atomic E-state index is 10.7. The third kappa shape index (κ3) is 2.89. The van der Waals surface area contributed by atoms with E-state index >= 15 is 0 Å². The molecule has 0 bridgehead atoms. The third-order valence-corrected chi connectivity index (χ3v) is 3.22. The Balaban J connectivity index is 2.05. The topological polar surface area (TPSA) is 84.4 Å². The fraction of sp³-hybridized carbons (Fsp3) is 0.500. The molecule has 1 aliphatic heterocycles. The molecular formula is C12H18N4O2. The Bertz CT molecular complexity index is 450. The van der Waals surface area contributed by atoms with Gasteiger partial charge in [-0.05, 0) is 38.6 Å². The van der Waals surface area contributed by atoms with Crippen molar-refractivity contribution in [3.05, 3.63) is 28.3 Å². The summed E-state index contributed by atoms with van der Waals surface area (Å²) in [6.07, 6.45) is 2.28. The van der Waals surface area contributed by atoms with Crippen LogP contribution in [0.4, 0.5) is 17.1 Å². The molecule has 1 aliphatic rings. The van der Waals surface area contributed by atoms with Crippen LogP contribution in [-0.2, 0) is 0 Å². The zero-order valence-corrected chi connectivity index (χ0v) is 10.4. The normalized spacial score (nSPS) is 20.6. The highest BCUT2D eigenvalue weighted by molar-refractivity contribution is 5.66. The molecule has 6 nitrogen and oxygen atoms in total. The van der Waals surface area contributed by atoms with Crippen LogP contribution in [-0.4, -0.2) is 36.0 Å². The summed E-state index contributed by atoms with van der Waals surface area (Å²) >= 11 is 0. The van der Waals surface area contributed by atoms with E-state index in [0.29, 0.717) is 6.04 Å². The molecule has 1 fully saturated rings. The zero-order chi connectivity index (χ0) is 13.1. The first-order valence-corrected chi connectivity index (χ1v) is 6.05. The molecule has 18 heavy (non-hydrogen) atoms. The van der Waals surface area contributed by atoms with E-state index in [0.717, 1.165) is 31.6 Å².